The quantitative estimate of drug-likeness (QED) is 0.778. The number of rotatable bonds is 2. The van der Waals surface area contributed by atoms with E-state index >= 15 is 0 Å². The number of nitrogens with zero attached hydrogens (tertiary/aromatic N) is 2. The van der Waals surface area contributed by atoms with Crippen LogP contribution in [0.15, 0.2) is 42.7 Å². The Morgan fingerprint density at radius 1 is 1.25 bits per heavy atom. The molecule has 1 heterocycles. The monoisotopic (exact) mass is 270 g/mol. The maximum absolute atomic E-state index is 13.3. The minimum Gasteiger partial charge on any atom is -0.478 e. The summed E-state index contributed by atoms with van der Waals surface area (Å²) in [6, 6.07) is 9.53. The van der Waals surface area contributed by atoms with Gasteiger partial charge < -0.3 is 5.11 Å². The summed E-state index contributed by atoms with van der Waals surface area (Å²) in [5.41, 5.74) is 2.90. The number of halogens is 1. The topological polar surface area (TPSA) is 55.1 Å². The first-order valence-electron chi connectivity index (χ1n) is 6.03. The Hall–Kier alpha value is -2.69. The van der Waals surface area contributed by atoms with Gasteiger partial charge in [-0.1, -0.05) is 0 Å². The van der Waals surface area contributed by atoms with Crippen molar-refractivity contribution in [3.63, 3.8) is 0 Å². The first-order valence-corrected chi connectivity index (χ1v) is 6.03. The van der Waals surface area contributed by atoms with E-state index in [0.29, 0.717) is 11.1 Å². The molecule has 0 atom stereocenters. The zero-order chi connectivity index (χ0) is 14.3. The molecule has 0 fully saturated rings. The summed E-state index contributed by atoms with van der Waals surface area (Å²) in [5.74, 6) is -1.24. The van der Waals surface area contributed by atoms with E-state index in [9.17, 15) is 9.18 Å². The van der Waals surface area contributed by atoms with Crippen LogP contribution in [0.1, 0.15) is 15.9 Å². The highest BCUT2D eigenvalue weighted by Crippen LogP contribution is 2.21. The van der Waals surface area contributed by atoms with Gasteiger partial charge in [0.05, 0.1) is 16.6 Å². The zero-order valence-electron chi connectivity index (χ0n) is 10.7. The molecule has 3 aromatic rings. The van der Waals surface area contributed by atoms with Crippen LogP contribution in [-0.4, -0.2) is 20.6 Å². The third kappa shape index (κ3) is 1.93. The predicted octanol–water partition coefficient (Wildman–Crippen LogP) is 3.17. The number of aryl methyl sites for hydroxylation is 1. The van der Waals surface area contributed by atoms with Crippen molar-refractivity contribution in [3.05, 3.63) is 59.7 Å². The molecule has 4 nitrogen and oxygen atoms in total. The van der Waals surface area contributed by atoms with Gasteiger partial charge in [-0.25, -0.2) is 14.2 Å². The van der Waals surface area contributed by atoms with Crippen LogP contribution >= 0.6 is 0 Å². The van der Waals surface area contributed by atoms with Crippen molar-refractivity contribution < 1.29 is 14.3 Å². The molecule has 0 saturated heterocycles. The molecule has 0 aliphatic rings. The Kier molecular flexibility index (Phi) is 2.75. The number of carboxylic acid groups (broad SMARTS) is 1. The SMILES string of the molecule is Cc1cc(-n2cnc3cc(C(=O)O)ccc32)ccc1F. The van der Waals surface area contributed by atoms with Crippen LogP contribution in [-0.2, 0) is 0 Å². The Balaban J connectivity index is 2.17. The van der Waals surface area contributed by atoms with Crippen molar-refractivity contribution in [2.45, 2.75) is 6.92 Å². The second kappa shape index (κ2) is 4.45. The van der Waals surface area contributed by atoms with Gasteiger partial charge in [-0.15, -0.1) is 0 Å². The molecule has 0 saturated carbocycles. The number of hydrogen-bond acceptors (Lipinski definition) is 2. The van der Waals surface area contributed by atoms with E-state index in [1.807, 2.05) is 0 Å². The zero-order valence-corrected chi connectivity index (χ0v) is 10.7. The largest absolute Gasteiger partial charge is 0.478 e. The van der Waals surface area contributed by atoms with Gasteiger partial charge in [-0.2, -0.15) is 0 Å². The minimum atomic E-state index is -0.987. The van der Waals surface area contributed by atoms with E-state index in [1.54, 1.807) is 36.0 Å². The summed E-state index contributed by atoms with van der Waals surface area (Å²) in [7, 11) is 0. The molecular weight excluding hydrogens is 259 g/mol. The highest BCUT2D eigenvalue weighted by atomic mass is 19.1. The van der Waals surface area contributed by atoms with Crippen LogP contribution in [0.5, 0.6) is 0 Å². The number of fused-ring (bicyclic) bond motifs is 1. The van der Waals surface area contributed by atoms with Crippen LogP contribution in [0.4, 0.5) is 4.39 Å². The van der Waals surface area contributed by atoms with Crippen LogP contribution in [0, 0.1) is 12.7 Å². The molecule has 1 aromatic heterocycles. The fourth-order valence-corrected chi connectivity index (χ4v) is 2.13. The van der Waals surface area contributed by atoms with E-state index in [0.717, 1.165) is 11.2 Å². The normalized spacial score (nSPS) is 10.9. The van der Waals surface area contributed by atoms with Gasteiger partial charge in [0.1, 0.15) is 12.1 Å². The van der Waals surface area contributed by atoms with Crippen molar-refractivity contribution in [1.29, 1.82) is 0 Å². The van der Waals surface area contributed by atoms with Gasteiger partial charge in [0.15, 0.2) is 0 Å². The summed E-state index contributed by atoms with van der Waals surface area (Å²) in [6.07, 6.45) is 1.60. The molecule has 0 amide bonds. The second-order valence-corrected chi connectivity index (χ2v) is 4.56. The maximum atomic E-state index is 13.3. The smallest absolute Gasteiger partial charge is 0.335 e. The summed E-state index contributed by atoms with van der Waals surface area (Å²) in [5, 5.41) is 8.96. The maximum Gasteiger partial charge on any atom is 0.335 e. The van der Waals surface area contributed by atoms with Gasteiger partial charge in [0.2, 0.25) is 0 Å². The Morgan fingerprint density at radius 2 is 2.05 bits per heavy atom. The van der Waals surface area contributed by atoms with Crippen LogP contribution in [0.2, 0.25) is 0 Å². The van der Waals surface area contributed by atoms with E-state index in [-0.39, 0.29) is 11.4 Å². The number of imidazole rings is 1. The van der Waals surface area contributed by atoms with Crippen molar-refractivity contribution in [1.82, 2.24) is 9.55 Å². The summed E-state index contributed by atoms with van der Waals surface area (Å²) in [6.45, 7) is 1.69. The third-order valence-corrected chi connectivity index (χ3v) is 3.21. The van der Waals surface area contributed by atoms with Gasteiger partial charge >= 0.3 is 5.97 Å². The van der Waals surface area contributed by atoms with Crippen molar-refractivity contribution >= 4 is 17.0 Å². The molecule has 20 heavy (non-hydrogen) atoms. The fourth-order valence-electron chi connectivity index (χ4n) is 2.13. The lowest BCUT2D eigenvalue weighted by molar-refractivity contribution is 0.0697. The standard InChI is InChI=1S/C15H11FN2O2/c1-9-6-11(3-4-12(9)16)18-8-17-13-7-10(15(19)20)2-5-14(13)18/h2-8H,1H3,(H,19,20). The summed E-state index contributed by atoms with van der Waals surface area (Å²) < 4.78 is 15.1. The highest BCUT2D eigenvalue weighted by Gasteiger charge is 2.09. The number of carboxylic acids is 1. The molecule has 2 aromatic carbocycles. The van der Waals surface area contributed by atoms with Gasteiger partial charge in [-0.05, 0) is 48.9 Å². The molecule has 0 aliphatic heterocycles. The number of hydrogen-bond donors (Lipinski definition) is 1. The molecular formula is C15H11FN2O2. The number of carbonyl (C=O) groups is 1. The molecule has 0 aliphatic carbocycles. The molecule has 3 rings (SSSR count). The number of aromatic nitrogens is 2. The van der Waals surface area contributed by atoms with E-state index in [2.05, 4.69) is 4.98 Å². The Labute approximate surface area is 114 Å². The first kappa shape index (κ1) is 12.3. The van der Waals surface area contributed by atoms with Crippen molar-refractivity contribution in [3.8, 4) is 5.69 Å². The lowest BCUT2D eigenvalue weighted by Gasteiger charge is -2.06. The lowest BCUT2D eigenvalue weighted by atomic mass is 10.2. The number of aromatic carboxylic acids is 1. The third-order valence-electron chi connectivity index (χ3n) is 3.21. The molecule has 100 valence electrons. The van der Waals surface area contributed by atoms with Crippen molar-refractivity contribution in [2.24, 2.45) is 0 Å². The van der Waals surface area contributed by atoms with Crippen molar-refractivity contribution in [2.75, 3.05) is 0 Å². The Bertz CT molecular complexity index is 824. The molecule has 1 N–H and O–H groups in total. The molecule has 0 radical (unpaired) electrons. The highest BCUT2D eigenvalue weighted by molar-refractivity contribution is 5.92. The Morgan fingerprint density at radius 3 is 2.75 bits per heavy atom. The van der Waals surface area contributed by atoms with Gasteiger partial charge in [0, 0.05) is 5.69 Å². The lowest BCUT2D eigenvalue weighted by Crippen LogP contribution is -1.97. The molecule has 0 bridgehead atoms. The van der Waals surface area contributed by atoms with Gasteiger partial charge in [-0.3, -0.25) is 4.57 Å². The summed E-state index contributed by atoms with van der Waals surface area (Å²) >= 11 is 0. The first-order chi connectivity index (χ1) is 9.56. The molecule has 0 unspecified atom stereocenters. The second-order valence-electron chi connectivity index (χ2n) is 4.56. The summed E-state index contributed by atoms with van der Waals surface area (Å²) in [4.78, 5) is 15.1. The predicted molar refractivity (Wildman–Crippen MR) is 72.7 cm³/mol. The van der Waals surface area contributed by atoms with Crippen LogP contribution < -0.4 is 0 Å². The molecule has 5 heteroatoms. The fraction of sp³-hybridized carbons (Fsp3) is 0.0667. The van der Waals surface area contributed by atoms with Crippen LogP contribution in [0.3, 0.4) is 0 Å². The molecule has 0 spiro atoms. The van der Waals surface area contributed by atoms with Gasteiger partial charge in [0.25, 0.3) is 0 Å². The van der Waals surface area contributed by atoms with E-state index in [1.165, 1.54) is 18.2 Å². The minimum absolute atomic E-state index is 0.193. The van der Waals surface area contributed by atoms with Crippen LogP contribution in [0.25, 0.3) is 16.7 Å². The van der Waals surface area contributed by atoms with E-state index in [4.69, 9.17) is 5.11 Å². The number of benzene rings is 2. The average molecular weight is 270 g/mol. The average Bonchev–Trinajstić information content (AvgIpc) is 2.84. The van der Waals surface area contributed by atoms with E-state index < -0.39 is 5.97 Å².